The van der Waals surface area contributed by atoms with Crippen molar-refractivity contribution in [3.05, 3.63) is 29.8 Å². The number of benzene rings is 1. The zero-order valence-corrected chi connectivity index (χ0v) is 12.4. The van der Waals surface area contributed by atoms with Gasteiger partial charge in [0.15, 0.2) is 0 Å². The van der Waals surface area contributed by atoms with Crippen molar-refractivity contribution in [2.45, 2.75) is 43.4 Å². The van der Waals surface area contributed by atoms with Crippen LogP contribution in [0.3, 0.4) is 0 Å². The first-order valence-electron chi connectivity index (χ1n) is 6.45. The topological polar surface area (TPSA) is 35.8 Å². The van der Waals surface area contributed by atoms with Gasteiger partial charge >= 0.3 is 0 Å². The van der Waals surface area contributed by atoms with E-state index in [2.05, 4.69) is 56.4 Å². The van der Waals surface area contributed by atoms with Gasteiger partial charge in [0.25, 0.3) is 0 Å². The number of nitrogens with one attached hydrogen (secondary N) is 1. The van der Waals surface area contributed by atoms with E-state index in [0.717, 1.165) is 6.42 Å². The summed E-state index contributed by atoms with van der Waals surface area (Å²) in [5, 5.41) is 13.0. The van der Waals surface area contributed by atoms with Crippen molar-refractivity contribution in [1.29, 1.82) is 5.26 Å². The molecule has 0 radical (unpaired) electrons. The van der Waals surface area contributed by atoms with Crippen molar-refractivity contribution < 1.29 is 0 Å². The molecule has 18 heavy (non-hydrogen) atoms. The maximum absolute atomic E-state index is 9.17. The van der Waals surface area contributed by atoms with Gasteiger partial charge in [0.2, 0.25) is 0 Å². The summed E-state index contributed by atoms with van der Waals surface area (Å²) in [5.41, 5.74) is 1.19. The lowest BCUT2D eigenvalue weighted by Gasteiger charge is -2.21. The van der Waals surface area contributed by atoms with Crippen molar-refractivity contribution in [2.24, 2.45) is 5.92 Å². The molecule has 1 rings (SSSR count). The Morgan fingerprint density at radius 3 is 2.28 bits per heavy atom. The Kier molecular flexibility index (Phi) is 6.24. The van der Waals surface area contributed by atoms with Crippen LogP contribution in [-0.4, -0.2) is 12.3 Å². The number of hydrogen-bond acceptors (Lipinski definition) is 3. The van der Waals surface area contributed by atoms with Crippen LogP contribution >= 0.6 is 11.8 Å². The highest BCUT2D eigenvalue weighted by Gasteiger charge is 2.19. The van der Waals surface area contributed by atoms with E-state index in [-0.39, 0.29) is 12.0 Å². The molecule has 0 bridgehead atoms. The summed E-state index contributed by atoms with van der Waals surface area (Å²) in [7, 11) is 1.92. The third-order valence-corrected chi connectivity index (χ3v) is 3.95. The van der Waals surface area contributed by atoms with Gasteiger partial charge in [-0.25, -0.2) is 0 Å². The molecule has 0 spiro atoms. The molecule has 0 aliphatic carbocycles. The molecule has 0 aromatic heterocycles. The van der Waals surface area contributed by atoms with Crippen molar-refractivity contribution in [3.8, 4) is 6.07 Å². The minimum Gasteiger partial charge on any atom is -0.312 e. The Hall–Kier alpha value is -0.980. The maximum Gasteiger partial charge on any atom is 0.0675 e. The summed E-state index contributed by atoms with van der Waals surface area (Å²) in [4.78, 5) is 1.29. The Balaban J connectivity index is 2.85. The molecular weight excluding hydrogens is 240 g/mol. The van der Waals surface area contributed by atoms with Crippen LogP contribution in [0.15, 0.2) is 29.2 Å². The van der Waals surface area contributed by atoms with Gasteiger partial charge in [-0.3, -0.25) is 0 Å². The molecule has 2 atom stereocenters. The largest absolute Gasteiger partial charge is 0.312 e. The van der Waals surface area contributed by atoms with Crippen molar-refractivity contribution in [1.82, 2.24) is 5.32 Å². The molecule has 0 saturated carbocycles. The van der Waals surface area contributed by atoms with Crippen LogP contribution in [0.1, 0.15) is 38.8 Å². The summed E-state index contributed by atoms with van der Waals surface area (Å²) < 4.78 is 0. The summed E-state index contributed by atoms with van der Waals surface area (Å²) in [5.74, 6) is 0.0265. The summed E-state index contributed by atoms with van der Waals surface area (Å²) in [6.45, 7) is 6.44. The van der Waals surface area contributed by atoms with Gasteiger partial charge in [-0.2, -0.15) is 5.26 Å². The first-order chi connectivity index (χ1) is 8.62. The molecule has 0 fully saturated rings. The van der Waals surface area contributed by atoms with Gasteiger partial charge in [-0.15, -0.1) is 11.8 Å². The normalized spacial score (nSPS) is 14.2. The fraction of sp³-hybridized carbons (Fsp3) is 0.533. The maximum atomic E-state index is 9.17. The molecule has 3 heteroatoms. The molecule has 0 aliphatic heterocycles. The molecule has 2 unspecified atom stereocenters. The van der Waals surface area contributed by atoms with Gasteiger partial charge in [-0.1, -0.05) is 32.9 Å². The molecule has 1 aromatic carbocycles. The van der Waals surface area contributed by atoms with Crippen molar-refractivity contribution >= 4 is 11.8 Å². The lowest BCUT2D eigenvalue weighted by Crippen LogP contribution is -2.23. The second-order valence-electron chi connectivity index (χ2n) is 4.65. The fourth-order valence-corrected chi connectivity index (χ4v) is 2.87. The minimum absolute atomic E-state index is 0.0265. The van der Waals surface area contributed by atoms with Gasteiger partial charge in [0.05, 0.1) is 12.0 Å². The van der Waals surface area contributed by atoms with Gasteiger partial charge in [-0.05, 0) is 31.2 Å². The molecule has 0 saturated heterocycles. The van der Waals surface area contributed by atoms with E-state index in [1.807, 2.05) is 18.8 Å². The number of rotatable bonds is 6. The molecule has 98 valence electrons. The lowest BCUT2D eigenvalue weighted by atomic mass is 9.92. The second kappa shape index (κ2) is 7.45. The summed E-state index contributed by atoms with van der Waals surface area (Å²) in [6.07, 6.45) is 0.866. The number of hydrogen-bond donors (Lipinski definition) is 1. The lowest BCUT2D eigenvalue weighted by molar-refractivity contribution is 0.449. The van der Waals surface area contributed by atoms with Crippen LogP contribution in [0.4, 0.5) is 0 Å². The van der Waals surface area contributed by atoms with Crippen LogP contribution in [0.25, 0.3) is 0 Å². The van der Waals surface area contributed by atoms with Crippen LogP contribution in [0.5, 0.6) is 0 Å². The average Bonchev–Trinajstić information content (AvgIpc) is 2.36. The predicted molar refractivity (Wildman–Crippen MR) is 78.6 cm³/mol. The zero-order valence-electron chi connectivity index (χ0n) is 11.6. The molecule has 0 aliphatic rings. The summed E-state index contributed by atoms with van der Waals surface area (Å²) >= 11 is 1.86. The quantitative estimate of drug-likeness (QED) is 0.787. The minimum atomic E-state index is 0.0265. The molecule has 1 N–H and O–H groups in total. The monoisotopic (exact) mass is 262 g/mol. The predicted octanol–water partition coefficient (Wildman–Crippen LogP) is 4.00. The van der Waals surface area contributed by atoms with E-state index in [1.165, 1.54) is 10.5 Å². The Bertz CT molecular complexity index is 392. The van der Waals surface area contributed by atoms with Crippen LogP contribution in [0, 0.1) is 17.2 Å². The van der Waals surface area contributed by atoms with Crippen LogP contribution in [0.2, 0.25) is 0 Å². The van der Waals surface area contributed by atoms with E-state index >= 15 is 0 Å². The molecule has 0 heterocycles. The highest BCUT2D eigenvalue weighted by Crippen LogP contribution is 2.28. The van der Waals surface area contributed by atoms with Gasteiger partial charge in [0, 0.05) is 16.2 Å². The first-order valence-corrected chi connectivity index (χ1v) is 7.33. The first kappa shape index (κ1) is 15.1. The molecule has 2 nitrogen and oxygen atoms in total. The summed E-state index contributed by atoms with van der Waals surface area (Å²) in [6, 6.07) is 11.1. The Morgan fingerprint density at radius 2 is 1.89 bits per heavy atom. The number of nitrogens with zero attached hydrogens (tertiary/aromatic N) is 1. The Labute approximate surface area is 115 Å². The van der Waals surface area contributed by atoms with E-state index in [1.54, 1.807) is 0 Å². The highest BCUT2D eigenvalue weighted by atomic mass is 32.2. The fourth-order valence-electron chi connectivity index (χ4n) is 2.03. The highest BCUT2D eigenvalue weighted by molar-refractivity contribution is 7.99. The zero-order chi connectivity index (χ0) is 13.5. The van der Waals surface area contributed by atoms with Gasteiger partial charge < -0.3 is 5.32 Å². The van der Waals surface area contributed by atoms with Gasteiger partial charge in [0.1, 0.15) is 0 Å². The second-order valence-corrected chi connectivity index (χ2v) is 6.30. The molecule has 1 aromatic rings. The van der Waals surface area contributed by atoms with E-state index in [0.29, 0.717) is 5.25 Å². The smallest absolute Gasteiger partial charge is 0.0675 e. The number of thioether (sulfide) groups is 1. The van der Waals surface area contributed by atoms with Crippen LogP contribution < -0.4 is 5.32 Å². The van der Waals surface area contributed by atoms with Crippen LogP contribution in [-0.2, 0) is 0 Å². The third-order valence-electron chi connectivity index (χ3n) is 2.93. The van der Waals surface area contributed by atoms with E-state index < -0.39 is 0 Å². The van der Waals surface area contributed by atoms with Crippen molar-refractivity contribution in [2.75, 3.05) is 7.05 Å². The number of nitriles is 1. The standard InChI is InChI=1S/C15H22N2S/c1-5-12(10-16)15(17-4)13-6-8-14(9-7-13)18-11(2)3/h6-9,11-12,15,17H,5H2,1-4H3. The van der Waals surface area contributed by atoms with E-state index in [4.69, 9.17) is 5.26 Å². The molecule has 0 amide bonds. The van der Waals surface area contributed by atoms with E-state index in [9.17, 15) is 0 Å². The third kappa shape index (κ3) is 4.04. The molecular formula is C15H22N2S. The average molecular weight is 262 g/mol. The van der Waals surface area contributed by atoms with Crippen molar-refractivity contribution in [3.63, 3.8) is 0 Å². The SMILES string of the molecule is CCC(C#N)C(NC)c1ccc(SC(C)C)cc1. The Morgan fingerprint density at radius 1 is 1.28 bits per heavy atom.